The minimum Gasteiger partial charge on any atom is -0.392 e. The Labute approximate surface area is 118 Å². The van der Waals surface area contributed by atoms with Gasteiger partial charge in [0.15, 0.2) is 0 Å². The summed E-state index contributed by atoms with van der Waals surface area (Å²) in [7, 11) is 1.94. The molecule has 1 amide bonds. The summed E-state index contributed by atoms with van der Waals surface area (Å²) in [5, 5.41) is 13.8. The molecule has 3 rings (SSSR count). The number of nitrogens with one attached hydrogen (secondary N) is 1. The van der Waals surface area contributed by atoms with Crippen molar-refractivity contribution in [1.82, 2.24) is 9.88 Å². The quantitative estimate of drug-likeness (QED) is 0.879. The van der Waals surface area contributed by atoms with Crippen LogP contribution in [0.25, 0.3) is 10.9 Å². The molecule has 2 unspecified atom stereocenters. The standard InChI is InChI=1S/C16H20N2O2/c1-16(2)13(8-14(16)19)17-15(20)11-9-18(3)12-7-5-4-6-10(11)12/h4-7,9,13-14,19H,8H2,1-3H3,(H,17,20). The van der Waals surface area contributed by atoms with Crippen molar-refractivity contribution in [1.29, 1.82) is 0 Å². The molecule has 1 fully saturated rings. The largest absolute Gasteiger partial charge is 0.392 e. The van der Waals surface area contributed by atoms with Gasteiger partial charge >= 0.3 is 0 Å². The Bertz CT molecular complexity index is 672. The number of para-hydroxylation sites is 1. The van der Waals surface area contributed by atoms with Crippen LogP contribution in [0.2, 0.25) is 0 Å². The summed E-state index contributed by atoms with van der Waals surface area (Å²) < 4.78 is 1.96. The molecule has 1 heterocycles. The van der Waals surface area contributed by atoms with E-state index in [9.17, 15) is 9.90 Å². The lowest BCUT2D eigenvalue weighted by molar-refractivity contribution is -0.0689. The van der Waals surface area contributed by atoms with Gasteiger partial charge in [-0.3, -0.25) is 4.79 Å². The molecule has 1 aromatic carbocycles. The fourth-order valence-electron chi connectivity index (χ4n) is 2.91. The lowest BCUT2D eigenvalue weighted by atomic mass is 9.64. The number of fused-ring (bicyclic) bond motifs is 1. The highest BCUT2D eigenvalue weighted by atomic mass is 16.3. The number of amides is 1. The molecular formula is C16H20N2O2. The third-order valence-electron chi connectivity index (χ3n) is 4.66. The Balaban J connectivity index is 1.87. The van der Waals surface area contributed by atoms with E-state index >= 15 is 0 Å². The molecule has 0 aliphatic heterocycles. The first kappa shape index (κ1) is 13.2. The van der Waals surface area contributed by atoms with Crippen LogP contribution in [0.15, 0.2) is 30.5 Å². The summed E-state index contributed by atoms with van der Waals surface area (Å²) in [5.41, 5.74) is 1.49. The molecule has 2 aromatic rings. The Hall–Kier alpha value is -1.81. The van der Waals surface area contributed by atoms with Gasteiger partial charge in [0.1, 0.15) is 0 Å². The van der Waals surface area contributed by atoms with E-state index in [0.717, 1.165) is 10.9 Å². The first-order valence-corrected chi connectivity index (χ1v) is 6.94. The number of aliphatic hydroxyl groups excluding tert-OH is 1. The maximum absolute atomic E-state index is 12.5. The fourth-order valence-corrected chi connectivity index (χ4v) is 2.91. The summed E-state index contributed by atoms with van der Waals surface area (Å²) >= 11 is 0. The molecule has 0 saturated heterocycles. The van der Waals surface area contributed by atoms with Crippen LogP contribution in [0.5, 0.6) is 0 Å². The second-order valence-corrected chi connectivity index (χ2v) is 6.27. The van der Waals surface area contributed by atoms with Gasteiger partial charge in [-0.1, -0.05) is 32.0 Å². The van der Waals surface area contributed by atoms with Crippen molar-refractivity contribution in [3.8, 4) is 0 Å². The zero-order valence-electron chi connectivity index (χ0n) is 12.1. The molecule has 1 aliphatic rings. The first-order chi connectivity index (χ1) is 9.41. The van der Waals surface area contributed by atoms with Gasteiger partial charge in [-0.25, -0.2) is 0 Å². The molecule has 1 aliphatic carbocycles. The van der Waals surface area contributed by atoms with Gasteiger partial charge in [0, 0.05) is 35.6 Å². The van der Waals surface area contributed by atoms with Crippen LogP contribution < -0.4 is 5.32 Å². The zero-order chi connectivity index (χ0) is 14.5. The summed E-state index contributed by atoms with van der Waals surface area (Å²) in [6.07, 6.45) is 2.16. The maximum atomic E-state index is 12.5. The van der Waals surface area contributed by atoms with Gasteiger partial charge in [0.25, 0.3) is 5.91 Å². The van der Waals surface area contributed by atoms with E-state index in [1.165, 1.54) is 0 Å². The highest BCUT2D eigenvalue weighted by molar-refractivity contribution is 6.07. The number of nitrogens with zero attached hydrogens (tertiary/aromatic N) is 1. The van der Waals surface area contributed by atoms with Gasteiger partial charge in [0.05, 0.1) is 11.7 Å². The molecule has 4 heteroatoms. The minimum atomic E-state index is -0.333. The molecule has 4 nitrogen and oxygen atoms in total. The van der Waals surface area contributed by atoms with E-state index < -0.39 is 0 Å². The van der Waals surface area contributed by atoms with Gasteiger partial charge < -0.3 is 15.0 Å². The topological polar surface area (TPSA) is 54.3 Å². The van der Waals surface area contributed by atoms with E-state index in [1.54, 1.807) is 0 Å². The van der Waals surface area contributed by atoms with Crippen molar-refractivity contribution in [2.24, 2.45) is 12.5 Å². The fraction of sp³-hybridized carbons (Fsp3) is 0.438. The molecule has 106 valence electrons. The summed E-state index contributed by atoms with van der Waals surface area (Å²) in [6, 6.07) is 7.91. The molecule has 2 N–H and O–H groups in total. The molecule has 20 heavy (non-hydrogen) atoms. The highest BCUT2D eigenvalue weighted by Gasteiger charge is 2.48. The average molecular weight is 272 g/mol. The Morgan fingerprint density at radius 1 is 1.40 bits per heavy atom. The van der Waals surface area contributed by atoms with Gasteiger partial charge in [-0.2, -0.15) is 0 Å². The van der Waals surface area contributed by atoms with Crippen molar-refractivity contribution >= 4 is 16.8 Å². The van der Waals surface area contributed by atoms with E-state index in [0.29, 0.717) is 12.0 Å². The van der Waals surface area contributed by atoms with Crippen LogP contribution in [-0.2, 0) is 7.05 Å². The number of carbonyl (C=O) groups is 1. The van der Waals surface area contributed by atoms with Crippen LogP contribution in [0.1, 0.15) is 30.6 Å². The number of aryl methyl sites for hydroxylation is 1. The summed E-state index contributed by atoms with van der Waals surface area (Å²) in [6.45, 7) is 3.96. The van der Waals surface area contributed by atoms with Crippen molar-refractivity contribution in [2.75, 3.05) is 0 Å². The van der Waals surface area contributed by atoms with Crippen molar-refractivity contribution in [2.45, 2.75) is 32.4 Å². The molecule has 0 radical (unpaired) electrons. The Morgan fingerprint density at radius 2 is 2.10 bits per heavy atom. The summed E-state index contributed by atoms with van der Waals surface area (Å²) in [4.78, 5) is 12.5. The number of carbonyl (C=O) groups excluding carboxylic acids is 1. The number of rotatable bonds is 2. The number of benzene rings is 1. The Kier molecular flexibility index (Phi) is 2.87. The molecule has 2 atom stereocenters. The minimum absolute atomic E-state index is 0.0315. The van der Waals surface area contributed by atoms with Crippen LogP contribution in [0.4, 0.5) is 0 Å². The van der Waals surface area contributed by atoms with E-state index in [-0.39, 0.29) is 23.5 Å². The van der Waals surface area contributed by atoms with Crippen LogP contribution in [0.3, 0.4) is 0 Å². The second kappa shape index (κ2) is 4.35. The summed E-state index contributed by atoms with van der Waals surface area (Å²) in [5.74, 6) is -0.0632. The van der Waals surface area contributed by atoms with E-state index in [2.05, 4.69) is 5.32 Å². The van der Waals surface area contributed by atoms with Gasteiger partial charge in [-0.05, 0) is 12.5 Å². The van der Waals surface area contributed by atoms with Crippen molar-refractivity contribution in [3.05, 3.63) is 36.0 Å². The lowest BCUT2D eigenvalue weighted by Gasteiger charge is -2.49. The first-order valence-electron chi connectivity index (χ1n) is 6.94. The molecular weight excluding hydrogens is 252 g/mol. The van der Waals surface area contributed by atoms with Gasteiger partial charge in [0.2, 0.25) is 0 Å². The molecule has 1 aromatic heterocycles. The maximum Gasteiger partial charge on any atom is 0.253 e. The second-order valence-electron chi connectivity index (χ2n) is 6.27. The van der Waals surface area contributed by atoms with Crippen molar-refractivity contribution in [3.63, 3.8) is 0 Å². The highest BCUT2D eigenvalue weighted by Crippen LogP contribution is 2.40. The van der Waals surface area contributed by atoms with Crippen molar-refractivity contribution < 1.29 is 9.90 Å². The number of aromatic nitrogens is 1. The predicted molar refractivity (Wildman–Crippen MR) is 78.6 cm³/mol. The monoisotopic (exact) mass is 272 g/mol. The van der Waals surface area contributed by atoms with Crippen LogP contribution in [0, 0.1) is 5.41 Å². The normalized spacial score (nSPS) is 24.4. The molecule has 1 saturated carbocycles. The smallest absolute Gasteiger partial charge is 0.253 e. The average Bonchev–Trinajstić information content (AvgIpc) is 2.76. The lowest BCUT2D eigenvalue weighted by Crippen LogP contribution is -2.61. The third kappa shape index (κ3) is 1.83. The van der Waals surface area contributed by atoms with Gasteiger partial charge in [-0.15, -0.1) is 0 Å². The van der Waals surface area contributed by atoms with E-state index in [4.69, 9.17) is 0 Å². The van der Waals surface area contributed by atoms with Crippen LogP contribution >= 0.6 is 0 Å². The molecule has 0 bridgehead atoms. The number of hydrogen-bond acceptors (Lipinski definition) is 2. The van der Waals surface area contributed by atoms with E-state index in [1.807, 2.05) is 55.9 Å². The number of hydrogen-bond donors (Lipinski definition) is 2. The number of aliphatic hydroxyl groups is 1. The predicted octanol–water partition coefficient (Wildman–Crippen LogP) is 2.07. The molecule has 0 spiro atoms. The third-order valence-corrected chi connectivity index (χ3v) is 4.66. The van der Waals surface area contributed by atoms with Crippen LogP contribution in [-0.4, -0.2) is 27.7 Å². The Morgan fingerprint density at radius 3 is 2.75 bits per heavy atom. The zero-order valence-corrected chi connectivity index (χ0v) is 12.1. The SMILES string of the molecule is Cn1cc(C(=O)NC2CC(O)C2(C)C)c2ccccc21.